The van der Waals surface area contributed by atoms with Crippen LogP contribution in [-0.4, -0.2) is 29.0 Å². The first kappa shape index (κ1) is 17.1. The van der Waals surface area contributed by atoms with E-state index < -0.39 is 17.6 Å². The molecule has 0 aliphatic carbocycles. The summed E-state index contributed by atoms with van der Waals surface area (Å²) in [6, 6.07) is 18.2. The number of ether oxygens (including phenoxy) is 1. The van der Waals surface area contributed by atoms with E-state index in [4.69, 9.17) is 10.3 Å². The predicted molar refractivity (Wildman–Crippen MR) is 89.3 cm³/mol. The second-order valence-corrected chi connectivity index (χ2v) is 4.88. The summed E-state index contributed by atoms with van der Waals surface area (Å²) in [6.07, 6.45) is 0. The molecule has 0 saturated heterocycles. The molecule has 2 aromatic carbocycles. The molecule has 0 aromatic heterocycles. The van der Waals surface area contributed by atoms with Crippen molar-refractivity contribution < 1.29 is 19.1 Å². The van der Waals surface area contributed by atoms with Gasteiger partial charge in [-0.1, -0.05) is 48.5 Å². The number of para-hydroxylation sites is 1. The van der Waals surface area contributed by atoms with E-state index >= 15 is 0 Å². The third-order valence-corrected chi connectivity index (χ3v) is 3.27. The van der Waals surface area contributed by atoms with Crippen LogP contribution in [0.2, 0.25) is 0 Å². The van der Waals surface area contributed by atoms with Crippen LogP contribution < -0.4 is 4.90 Å². The van der Waals surface area contributed by atoms with Crippen molar-refractivity contribution in [1.29, 1.82) is 0 Å². The molecule has 1 amide bonds. The van der Waals surface area contributed by atoms with Crippen molar-refractivity contribution in [2.24, 2.45) is 0 Å². The maximum absolute atomic E-state index is 12.7. The highest BCUT2D eigenvalue weighted by Gasteiger charge is 2.36. The van der Waals surface area contributed by atoms with E-state index in [9.17, 15) is 9.59 Å². The van der Waals surface area contributed by atoms with Gasteiger partial charge in [-0.3, -0.25) is 9.69 Å². The molecule has 6 nitrogen and oxygen atoms in total. The summed E-state index contributed by atoms with van der Waals surface area (Å²) in [4.78, 5) is 28.8. The topological polar surface area (TPSA) is 83.0 Å². The van der Waals surface area contributed by atoms with Crippen LogP contribution in [0, 0.1) is 0 Å². The highest BCUT2D eigenvalue weighted by molar-refractivity contribution is 6.64. The molecule has 2 aromatic rings. The fraction of sp³-hybridized carbons (Fsp3) is 0.167. The largest absolute Gasteiger partial charge is 0.463 e. The van der Waals surface area contributed by atoms with Crippen LogP contribution in [0.1, 0.15) is 12.5 Å². The number of amides is 1. The normalized spacial score (nSPS) is 9.71. The zero-order valence-corrected chi connectivity index (χ0v) is 13.3. The Hall–Kier alpha value is -3.24. The SMILES string of the molecule is CCOC(=O)C(=[N+]=[N-])C(=O)N(Cc1ccccc1)c1ccccc1. The van der Waals surface area contributed by atoms with Crippen molar-refractivity contribution in [3.63, 3.8) is 0 Å². The lowest BCUT2D eigenvalue weighted by atomic mass is 10.1. The average Bonchev–Trinajstić information content (AvgIpc) is 2.62. The van der Waals surface area contributed by atoms with E-state index in [0.29, 0.717) is 5.69 Å². The Morgan fingerprint density at radius 1 is 1.04 bits per heavy atom. The lowest BCUT2D eigenvalue weighted by Gasteiger charge is -2.20. The summed E-state index contributed by atoms with van der Waals surface area (Å²) >= 11 is 0. The smallest absolute Gasteiger partial charge is 0.457 e. The van der Waals surface area contributed by atoms with Crippen molar-refractivity contribution in [3.05, 3.63) is 71.8 Å². The van der Waals surface area contributed by atoms with Gasteiger partial charge in [-0.2, -0.15) is 4.79 Å². The molecule has 0 unspecified atom stereocenters. The number of nitrogens with zero attached hydrogens (tertiary/aromatic N) is 3. The highest BCUT2D eigenvalue weighted by Crippen LogP contribution is 2.17. The first-order valence-corrected chi connectivity index (χ1v) is 7.47. The fourth-order valence-electron chi connectivity index (χ4n) is 2.15. The number of anilines is 1. The predicted octanol–water partition coefficient (Wildman–Crippen LogP) is 2.45. The molecule has 0 bridgehead atoms. The first-order chi connectivity index (χ1) is 11.7. The lowest BCUT2D eigenvalue weighted by molar-refractivity contribution is -0.141. The second-order valence-electron chi connectivity index (χ2n) is 4.88. The van der Waals surface area contributed by atoms with Gasteiger partial charge in [0, 0.05) is 5.69 Å². The summed E-state index contributed by atoms with van der Waals surface area (Å²) in [6.45, 7) is 1.91. The Bertz CT molecular complexity index is 754. The van der Waals surface area contributed by atoms with Crippen molar-refractivity contribution in [2.75, 3.05) is 11.5 Å². The molecule has 24 heavy (non-hydrogen) atoms. The number of carbonyl (C=O) groups excluding carboxylic acids is 2. The minimum Gasteiger partial charge on any atom is -0.457 e. The zero-order valence-electron chi connectivity index (χ0n) is 13.3. The zero-order chi connectivity index (χ0) is 17.4. The molecule has 0 atom stereocenters. The number of benzene rings is 2. The van der Waals surface area contributed by atoms with E-state index in [-0.39, 0.29) is 13.2 Å². The molecule has 122 valence electrons. The molecule has 0 aliphatic rings. The Morgan fingerprint density at radius 3 is 2.17 bits per heavy atom. The molecule has 0 spiro atoms. The fourth-order valence-corrected chi connectivity index (χ4v) is 2.15. The van der Waals surface area contributed by atoms with Gasteiger partial charge in [0.15, 0.2) is 0 Å². The molecule has 0 N–H and O–H groups in total. The standard InChI is InChI=1S/C18H17N3O3/c1-2-24-18(23)16(20-19)17(22)21(15-11-7-4-8-12-15)13-14-9-5-3-6-10-14/h3-12H,2,13H2,1H3. The van der Waals surface area contributed by atoms with E-state index in [1.54, 1.807) is 31.2 Å². The van der Waals surface area contributed by atoms with Crippen LogP contribution in [0.4, 0.5) is 5.69 Å². The molecular formula is C18H17N3O3. The number of esters is 1. The van der Waals surface area contributed by atoms with Gasteiger partial charge in [0.25, 0.3) is 0 Å². The van der Waals surface area contributed by atoms with E-state index in [1.807, 2.05) is 36.4 Å². The molecule has 6 heteroatoms. The van der Waals surface area contributed by atoms with Gasteiger partial charge < -0.3 is 10.3 Å². The summed E-state index contributed by atoms with van der Waals surface area (Å²) < 4.78 is 4.78. The van der Waals surface area contributed by atoms with Crippen molar-refractivity contribution in [3.8, 4) is 0 Å². The van der Waals surface area contributed by atoms with Gasteiger partial charge in [-0.05, 0) is 24.6 Å². The van der Waals surface area contributed by atoms with Crippen molar-refractivity contribution in [2.45, 2.75) is 13.5 Å². The van der Waals surface area contributed by atoms with E-state index in [0.717, 1.165) is 5.56 Å². The number of rotatable bonds is 6. The maximum Gasteiger partial charge on any atom is 0.463 e. The van der Waals surface area contributed by atoms with Crippen molar-refractivity contribution in [1.82, 2.24) is 0 Å². The van der Waals surface area contributed by atoms with Crippen LogP contribution in [-0.2, 0) is 20.9 Å². The minimum absolute atomic E-state index is 0.0785. The Kier molecular flexibility index (Phi) is 6.00. The third-order valence-electron chi connectivity index (χ3n) is 3.27. The highest BCUT2D eigenvalue weighted by atomic mass is 16.5. The summed E-state index contributed by atoms with van der Waals surface area (Å²) in [5.74, 6) is -1.69. The van der Waals surface area contributed by atoms with Gasteiger partial charge >= 0.3 is 17.6 Å². The van der Waals surface area contributed by atoms with Crippen LogP contribution >= 0.6 is 0 Å². The van der Waals surface area contributed by atoms with Crippen LogP contribution in [0.15, 0.2) is 60.7 Å². The molecule has 0 radical (unpaired) electrons. The van der Waals surface area contributed by atoms with Crippen molar-refractivity contribution >= 4 is 23.3 Å². The number of carbonyl (C=O) groups is 2. The summed E-state index contributed by atoms with van der Waals surface area (Å²) in [5.41, 5.74) is 9.89. The van der Waals surface area contributed by atoms with Gasteiger partial charge in [-0.25, -0.2) is 4.79 Å². The van der Waals surface area contributed by atoms with E-state index in [2.05, 4.69) is 4.79 Å². The Balaban J connectivity index is 2.36. The van der Waals surface area contributed by atoms with Crippen LogP contribution in [0.25, 0.3) is 5.53 Å². The molecular weight excluding hydrogens is 306 g/mol. The summed E-state index contributed by atoms with van der Waals surface area (Å²) in [5, 5.41) is 0. The second kappa shape index (κ2) is 8.41. The van der Waals surface area contributed by atoms with Gasteiger partial charge in [0.1, 0.15) is 0 Å². The Labute approximate surface area is 139 Å². The first-order valence-electron chi connectivity index (χ1n) is 7.47. The molecule has 0 saturated carbocycles. The number of hydrogen-bond donors (Lipinski definition) is 0. The quantitative estimate of drug-likeness (QED) is 0.269. The Morgan fingerprint density at radius 2 is 1.62 bits per heavy atom. The van der Waals surface area contributed by atoms with E-state index in [1.165, 1.54) is 4.90 Å². The lowest BCUT2D eigenvalue weighted by Crippen LogP contribution is -2.41. The van der Waals surface area contributed by atoms with Gasteiger partial charge in [-0.15, -0.1) is 0 Å². The number of hydrogen-bond acceptors (Lipinski definition) is 3. The van der Waals surface area contributed by atoms with Crippen LogP contribution in [0.5, 0.6) is 0 Å². The molecule has 0 aliphatic heterocycles. The minimum atomic E-state index is -0.959. The molecule has 0 heterocycles. The maximum atomic E-state index is 12.7. The molecule has 0 fully saturated rings. The van der Waals surface area contributed by atoms with Crippen LogP contribution in [0.3, 0.4) is 0 Å². The monoisotopic (exact) mass is 323 g/mol. The third kappa shape index (κ3) is 4.15. The molecule has 2 rings (SSSR count). The van der Waals surface area contributed by atoms with Gasteiger partial charge in [0.2, 0.25) is 0 Å². The summed E-state index contributed by atoms with van der Waals surface area (Å²) in [7, 11) is 0. The average molecular weight is 323 g/mol. The van der Waals surface area contributed by atoms with Gasteiger partial charge in [0.05, 0.1) is 13.2 Å².